The molecule has 7 aromatic carbocycles. The summed E-state index contributed by atoms with van der Waals surface area (Å²) >= 11 is 0. The van der Waals surface area contributed by atoms with Gasteiger partial charge in [0.05, 0.1) is 59.5 Å². The van der Waals surface area contributed by atoms with Crippen molar-refractivity contribution in [2.24, 2.45) is 0 Å². The second kappa shape index (κ2) is 28.0. The number of rotatable bonds is 26. The summed E-state index contributed by atoms with van der Waals surface area (Å²) in [6.45, 7) is 2.25. The SMILES string of the molecule is CO[C@H]1O[C@H](CO[C@@H]2O[C@H](COCc3ccccc3)[C@H](OCc3ccccc3)[C@H](OCc3ccccc3)[C@H]2OCc2ccccc2)[C@@H](OCc2ccccc2)[C@H](OCc2ccccc2)[C@H]1OCc1ccccc1. The third-order valence-electron chi connectivity index (χ3n) is 12.9. The Morgan fingerprint density at radius 1 is 0.274 bits per heavy atom. The van der Waals surface area contributed by atoms with E-state index in [1.807, 2.05) is 212 Å². The third kappa shape index (κ3) is 15.3. The van der Waals surface area contributed by atoms with Crippen molar-refractivity contribution in [2.75, 3.05) is 20.3 Å². The maximum atomic E-state index is 7.10. The highest BCUT2D eigenvalue weighted by molar-refractivity contribution is 5.19. The largest absolute Gasteiger partial charge is 0.374 e. The molecule has 10 atom stereocenters. The molecule has 0 radical (unpaired) electrons. The first kappa shape index (κ1) is 52.0. The summed E-state index contributed by atoms with van der Waals surface area (Å²) in [5.74, 6) is 0. The number of hydrogen-bond acceptors (Lipinski definition) is 11. The van der Waals surface area contributed by atoms with Crippen LogP contribution in [0, 0.1) is 0 Å². The lowest BCUT2D eigenvalue weighted by Gasteiger charge is -2.48. The second-order valence-corrected chi connectivity index (χ2v) is 18.2. The Hall–Kier alpha value is -5.90. The van der Waals surface area contributed by atoms with Crippen LogP contribution in [0.5, 0.6) is 0 Å². The molecule has 11 nitrogen and oxygen atoms in total. The van der Waals surface area contributed by atoms with Crippen molar-refractivity contribution < 1.29 is 52.1 Å². The zero-order valence-corrected chi connectivity index (χ0v) is 41.3. The van der Waals surface area contributed by atoms with Crippen LogP contribution in [-0.4, -0.2) is 81.7 Å². The van der Waals surface area contributed by atoms with Gasteiger partial charge in [-0.1, -0.05) is 212 Å². The summed E-state index contributed by atoms with van der Waals surface area (Å²) in [5.41, 5.74) is 7.00. The number of hydrogen-bond donors (Lipinski definition) is 0. The Balaban J connectivity index is 1.05. The molecule has 380 valence electrons. The lowest BCUT2D eigenvalue weighted by atomic mass is 9.96. The molecule has 0 bridgehead atoms. The van der Waals surface area contributed by atoms with Crippen molar-refractivity contribution in [3.05, 3.63) is 251 Å². The molecule has 2 aliphatic rings. The zero-order valence-electron chi connectivity index (χ0n) is 41.3. The van der Waals surface area contributed by atoms with E-state index in [0.717, 1.165) is 38.9 Å². The summed E-state index contributed by atoms with van der Waals surface area (Å²) in [6.07, 6.45) is -7.47. The maximum absolute atomic E-state index is 7.10. The molecule has 2 saturated heterocycles. The van der Waals surface area contributed by atoms with E-state index in [1.54, 1.807) is 7.11 Å². The van der Waals surface area contributed by atoms with Crippen LogP contribution < -0.4 is 0 Å². The van der Waals surface area contributed by atoms with Crippen molar-refractivity contribution in [3.63, 3.8) is 0 Å². The van der Waals surface area contributed by atoms with E-state index in [4.69, 9.17) is 52.1 Å². The Morgan fingerprint density at radius 3 is 0.863 bits per heavy atom. The predicted octanol–water partition coefficient (Wildman–Crippen LogP) is 10.8. The van der Waals surface area contributed by atoms with Crippen LogP contribution in [0.2, 0.25) is 0 Å². The molecular weight excluding hydrogens is 921 g/mol. The van der Waals surface area contributed by atoms with Gasteiger partial charge < -0.3 is 52.1 Å². The normalized spacial score (nSPS) is 24.0. The molecule has 9 rings (SSSR count). The average Bonchev–Trinajstić information content (AvgIpc) is 3.45. The van der Waals surface area contributed by atoms with Crippen molar-refractivity contribution in [2.45, 2.75) is 108 Å². The van der Waals surface area contributed by atoms with Gasteiger partial charge in [-0.25, -0.2) is 0 Å². The number of benzene rings is 7. The molecule has 2 fully saturated rings. The van der Waals surface area contributed by atoms with Crippen molar-refractivity contribution in [3.8, 4) is 0 Å². The molecule has 0 aliphatic carbocycles. The fourth-order valence-corrected chi connectivity index (χ4v) is 9.14. The smallest absolute Gasteiger partial charge is 0.187 e. The van der Waals surface area contributed by atoms with Crippen LogP contribution in [0.3, 0.4) is 0 Å². The van der Waals surface area contributed by atoms with E-state index in [9.17, 15) is 0 Å². The highest BCUT2D eigenvalue weighted by Gasteiger charge is 2.52. The summed E-state index contributed by atoms with van der Waals surface area (Å²) in [7, 11) is 1.61. The Kier molecular flexibility index (Phi) is 19.9. The van der Waals surface area contributed by atoms with Gasteiger partial charge in [0.25, 0.3) is 0 Å². The van der Waals surface area contributed by atoms with Gasteiger partial charge in [0.2, 0.25) is 0 Å². The third-order valence-corrected chi connectivity index (χ3v) is 12.9. The molecule has 0 saturated carbocycles. The van der Waals surface area contributed by atoms with Gasteiger partial charge in [-0.15, -0.1) is 0 Å². The van der Waals surface area contributed by atoms with Gasteiger partial charge in [0, 0.05) is 7.11 Å². The minimum absolute atomic E-state index is 0.00960. The quantitative estimate of drug-likeness (QED) is 0.0518. The van der Waals surface area contributed by atoms with Gasteiger partial charge in [-0.3, -0.25) is 0 Å². The first-order valence-corrected chi connectivity index (χ1v) is 25.2. The van der Waals surface area contributed by atoms with Crippen LogP contribution >= 0.6 is 0 Å². The molecule has 2 aliphatic heterocycles. The summed E-state index contributed by atoms with van der Waals surface area (Å²) in [6, 6.07) is 70.4. The van der Waals surface area contributed by atoms with E-state index in [1.165, 1.54) is 0 Å². The number of methoxy groups -OCH3 is 1. The topological polar surface area (TPSA) is 102 Å². The number of ether oxygens (including phenoxy) is 11. The zero-order chi connectivity index (χ0) is 49.7. The molecule has 73 heavy (non-hydrogen) atoms. The Labute approximate surface area is 429 Å². The van der Waals surface area contributed by atoms with E-state index in [0.29, 0.717) is 26.4 Å². The first-order chi connectivity index (χ1) is 36.2. The Bertz CT molecular complexity index is 2560. The molecule has 0 unspecified atom stereocenters. The highest BCUT2D eigenvalue weighted by atomic mass is 16.7. The standard InChI is InChI=1S/C62H66O11/c1-63-61-59(69-42-51-33-19-7-20-34-51)57(67-40-49-29-15-5-16-30-49)56(66-39-48-27-13-4-14-28-48)54(72-61)45-71-62-60(70-43-52-35-21-8-22-36-52)58(68-41-50-31-17-6-18-32-50)55(65-38-47-25-11-3-12-26-47)53(73-62)44-64-37-46-23-9-2-10-24-46/h2-36,53-62H,37-45H2,1H3/t53-,54-,55+,56-,57+,58+,59-,60-,61+,62-/m1/s1. The fraction of sp³-hybridized carbons (Fsp3) is 0.323. The molecule has 7 aromatic rings. The van der Waals surface area contributed by atoms with E-state index in [2.05, 4.69) is 0 Å². The van der Waals surface area contributed by atoms with Gasteiger partial charge in [0.15, 0.2) is 12.6 Å². The van der Waals surface area contributed by atoms with Crippen molar-refractivity contribution >= 4 is 0 Å². The van der Waals surface area contributed by atoms with Crippen molar-refractivity contribution in [1.29, 1.82) is 0 Å². The summed E-state index contributed by atoms with van der Waals surface area (Å²) < 4.78 is 75.2. The average molecular weight is 987 g/mol. The molecular formula is C62H66O11. The lowest BCUT2D eigenvalue weighted by Crippen LogP contribution is -2.64. The second-order valence-electron chi connectivity index (χ2n) is 18.2. The van der Waals surface area contributed by atoms with Gasteiger partial charge in [0.1, 0.15) is 48.8 Å². The molecule has 2 heterocycles. The molecule has 0 amide bonds. The highest BCUT2D eigenvalue weighted by Crippen LogP contribution is 2.35. The van der Waals surface area contributed by atoms with Crippen LogP contribution in [0.1, 0.15) is 38.9 Å². The van der Waals surface area contributed by atoms with Gasteiger partial charge in [-0.2, -0.15) is 0 Å². The van der Waals surface area contributed by atoms with Crippen LogP contribution in [0.4, 0.5) is 0 Å². The van der Waals surface area contributed by atoms with Crippen LogP contribution in [-0.2, 0) is 98.4 Å². The summed E-state index contributed by atoms with van der Waals surface area (Å²) in [4.78, 5) is 0. The minimum Gasteiger partial charge on any atom is -0.374 e. The molecule has 0 N–H and O–H groups in total. The summed E-state index contributed by atoms with van der Waals surface area (Å²) in [5, 5.41) is 0. The van der Waals surface area contributed by atoms with Crippen LogP contribution in [0.15, 0.2) is 212 Å². The van der Waals surface area contributed by atoms with E-state index < -0.39 is 61.4 Å². The molecule has 0 aromatic heterocycles. The van der Waals surface area contributed by atoms with Crippen LogP contribution in [0.25, 0.3) is 0 Å². The lowest BCUT2D eigenvalue weighted by molar-refractivity contribution is -0.351. The van der Waals surface area contributed by atoms with Gasteiger partial charge in [-0.05, 0) is 38.9 Å². The van der Waals surface area contributed by atoms with E-state index in [-0.39, 0.29) is 33.0 Å². The molecule has 11 heteroatoms. The van der Waals surface area contributed by atoms with Gasteiger partial charge >= 0.3 is 0 Å². The molecule has 0 spiro atoms. The fourth-order valence-electron chi connectivity index (χ4n) is 9.14. The van der Waals surface area contributed by atoms with E-state index >= 15 is 0 Å². The monoisotopic (exact) mass is 986 g/mol. The predicted molar refractivity (Wildman–Crippen MR) is 276 cm³/mol. The maximum Gasteiger partial charge on any atom is 0.187 e. The Morgan fingerprint density at radius 2 is 0.534 bits per heavy atom. The minimum atomic E-state index is -0.999. The van der Waals surface area contributed by atoms with Crippen molar-refractivity contribution in [1.82, 2.24) is 0 Å². The first-order valence-electron chi connectivity index (χ1n) is 25.2.